The van der Waals surface area contributed by atoms with E-state index in [1.165, 1.54) is 21.5 Å². The number of ether oxygens (including phenoxy) is 9. The molecule has 0 bridgehead atoms. The summed E-state index contributed by atoms with van der Waals surface area (Å²) in [4.78, 5) is 98.1. The number of benzene rings is 15. The molecule has 3 fully saturated rings. The molecule has 0 saturated carbocycles. The number of imide groups is 1. The van der Waals surface area contributed by atoms with Crippen LogP contribution in [0.4, 0.5) is 4.79 Å². The van der Waals surface area contributed by atoms with Crippen LogP contribution >= 0.6 is 11.8 Å². The zero-order chi connectivity index (χ0) is 98.7. The molecule has 0 aliphatic carbocycles. The fraction of sp³-hybridized carbons (Fsp3) is 0.304. The summed E-state index contributed by atoms with van der Waals surface area (Å²) in [6.45, 7) is 7.35. The number of nitrogens with one attached hydrogen (secondary N) is 5. The summed E-state index contributed by atoms with van der Waals surface area (Å²) in [6.07, 6.45) is 3.43. The number of aliphatic hydroxyl groups is 1. The highest BCUT2D eigenvalue weighted by Crippen LogP contribution is 2.37. The van der Waals surface area contributed by atoms with Gasteiger partial charge >= 0.3 is 18.0 Å². The summed E-state index contributed by atoms with van der Waals surface area (Å²) in [7, 11) is 1.63. The van der Waals surface area contributed by atoms with Crippen LogP contribution in [0.3, 0.4) is 0 Å². The van der Waals surface area contributed by atoms with E-state index in [1.54, 1.807) is 7.11 Å². The van der Waals surface area contributed by atoms with Crippen LogP contribution in [0.1, 0.15) is 66.3 Å². The number of carboxylic acids is 1. The predicted molar refractivity (Wildman–Crippen MR) is 553 cm³/mol. The third kappa shape index (κ3) is 30.8. The van der Waals surface area contributed by atoms with Crippen molar-refractivity contribution in [3.63, 3.8) is 0 Å². The summed E-state index contributed by atoms with van der Waals surface area (Å²) in [5.41, 5.74) is 15.6. The highest BCUT2D eigenvalue weighted by molar-refractivity contribution is 8.00. The van der Waals surface area contributed by atoms with Gasteiger partial charge in [-0.2, -0.15) is 11.8 Å². The molecular formula is C112H122N8O20S. The van der Waals surface area contributed by atoms with Gasteiger partial charge in [-0.1, -0.05) is 249 Å². The largest absolute Gasteiger partial charge is 0.480 e. The molecule has 3 atom stereocenters. The maximum absolute atomic E-state index is 12.2. The summed E-state index contributed by atoms with van der Waals surface area (Å²) in [5, 5.41) is 56.3. The Bertz CT molecular complexity index is 6440. The Morgan fingerprint density at radius 1 is 0.376 bits per heavy atom. The van der Waals surface area contributed by atoms with Gasteiger partial charge in [-0.25, -0.2) is 14.4 Å². The quantitative estimate of drug-likeness (QED) is 0.00742. The van der Waals surface area contributed by atoms with Crippen LogP contribution in [0.15, 0.2) is 273 Å². The monoisotopic (exact) mass is 1930 g/mol. The molecule has 3 aliphatic rings. The van der Waals surface area contributed by atoms with E-state index in [9.17, 15) is 43.5 Å². The van der Waals surface area contributed by atoms with Gasteiger partial charge in [0.15, 0.2) is 0 Å². The number of hydroxylamine groups is 2. The van der Waals surface area contributed by atoms with Crippen LogP contribution < -0.4 is 38.1 Å². The van der Waals surface area contributed by atoms with E-state index < -0.39 is 23.8 Å². The van der Waals surface area contributed by atoms with Crippen LogP contribution in [-0.2, 0) is 114 Å². The highest BCUT2D eigenvalue weighted by Gasteiger charge is 2.42. The number of methoxy groups -OCH3 is 1. The smallest absolute Gasteiger partial charge is 0.358 e. The van der Waals surface area contributed by atoms with Gasteiger partial charge in [0.25, 0.3) is 11.8 Å². The summed E-state index contributed by atoms with van der Waals surface area (Å²) in [5.74, 6) is -2.09. The van der Waals surface area contributed by atoms with Crippen molar-refractivity contribution in [3.8, 4) is 0 Å². The predicted octanol–water partition coefficient (Wildman–Crippen LogP) is 15.9. The molecule has 3 saturated heterocycles. The van der Waals surface area contributed by atoms with Gasteiger partial charge in [0.1, 0.15) is 26.4 Å². The lowest BCUT2D eigenvalue weighted by Crippen LogP contribution is -2.36. The Hall–Kier alpha value is -13.5. The number of rotatable bonds is 42. The first-order valence-corrected chi connectivity index (χ1v) is 48.5. The topological polar surface area (TPSA) is 385 Å². The number of urea groups is 1. The van der Waals surface area contributed by atoms with Gasteiger partial charge in [0.2, 0.25) is 17.7 Å². The Kier molecular flexibility index (Phi) is 41.7. The van der Waals surface area contributed by atoms with E-state index in [0.717, 1.165) is 139 Å². The average molecular weight is 1930 g/mol. The maximum atomic E-state index is 12.2. The molecule has 28 nitrogen and oxygen atoms in total. The number of aliphatic carboxylic acids is 1. The number of hydrogen-bond acceptors (Lipinski definition) is 22. The average Bonchev–Trinajstić information content (AvgIpc) is 1.47. The molecule has 736 valence electrons. The second-order valence-electron chi connectivity index (χ2n) is 33.5. The van der Waals surface area contributed by atoms with E-state index in [1.807, 2.05) is 169 Å². The number of aliphatic hydroxyl groups excluding tert-OH is 1. The number of carbonyl (C=O) groups is 8. The van der Waals surface area contributed by atoms with Crippen LogP contribution in [0.2, 0.25) is 0 Å². The number of amides is 7. The first-order valence-electron chi connectivity index (χ1n) is 47.4. The number of carboxylic acid groups (broad SMARTS) is 1. The third-order valence-corrected chi connectivity index (χ3v) is 25.3. The van der Waals surface area contributed by atoms with Gasteiger partial charge in [0.05, 0.1) is 105 Å². The zero-order valence-electron chi connectivity index (χ0n) is 79.2. The van der Waals surface area contributed by atoms with Crippen LogP contribution in [-0.4, -0.2) is 212 Å². The lowest BCUT2D eigenvalue weighted by molar-refractivity contribution is -0.200. The molecule has 0 spiro atoms. The first kappa shape index (κ1) is 105. The molecule has 7 amide bonds. The molecule has 0 radical (unpaired) electrons. The molecule has 15 aromatic rings. The molecule has 3 aliphatic heterocycles. The van der Waals surface area contributed by atoms with Crippen molar-refractivity contribution in [1.29, 1.82) is 0 Å². The Balaban J connectivity index is 0.000000152. The molecule has 15 aromatic carbocycles. The summed E-state index contributed by atoms with van der Waals surface area (Å²) in [6, 6.07) is 92.6. The second kappa shape index (κ2) is 56.1. The van der Waals surface area contributed by atoms with E-state index in [-0.39, 0.29) is 88.3 Å². The van der Waals surface area contributed by atoms with E-state index >= 15 is 0 Å². The van der Waals surface area contributed by atoms with Crippen molar-refractivity contribution in [2.24, 2.45) is 11.5 Å². The normalized spacial score (nSPS) is 14.1. The lowest BCUT2D eigenvalue weighted by Gasteiger charge is -2.16. The van der Waals surface area contributed by atoms with Crippen molar-refractivity contribution < 1.29 is 96.0 Å². The van der Waals surface area contributed by atoms with Crippen molar-refractivity contribution in [2.45, 2.75) is 88.9 Å². The Morgan fingerprint density at radius 2 is 0.681 bits per heavy atom. The standard InChI is InChI=1S/C33H42N4O6S.C23H28N2O4.C21H17NO5.C17H14O3.C15H12O.C3H9NO/c38-30(12-6-5-11-29-32-28(22-44-29)36-33(40)37-32)34-13-15-41-17-18-42-16-14-35-31(39)21-43-20-27-25-9-3-1-7-23(25)19-24-8-2-4-10-26(24)27;24-9-11-27-13-14-28-12-10-25-23(26)17-29-16-22-20-7-3-1-5-18(20)15-19-6-2-4-8-21(19)22;23-19-9-10-20(24)22(19)27-21(25)13-26-12-18-16-7-3-1-5-14(16)11-15-6-2-4-8-17(15)18;18-17(19)11-20-10-16-14-7-3-1-5-12(14)9-13-6-2-4-8-15(13)16;16-10-15-13-7-3-1-5-11(13)9-12-6-2-4-8-14(12)15;1-5-3-2-4/h1-4,7-10,19,28-29,32H,5-6,11-18,20-22H2,(H,34,38)(H,35,39)(H2,36,37,40);1-8,15H,9-14,16-17,24H2,(H,25,26);1-8,11H,9-10,12-13H2;1-9H,10-11H2,(H,18,19);1-9,16H,10H2;2-4H2,1H3/t28-,29?,32?;;;;;/m0...../s1. The fourth-order valence-electron chi connectivity index (χ4n) is 17.2. The summed E-state index contributed by atoms with van der Waals surface area (Å²) < 4.78 is 48.6. The summed E-state index contributed by atoms with van der Waals surface area (Å²) >= 11 is 1.90. The number of nitrogens with two attached hydrogens (primary N) is 2. The van der Waals surface area contributed by atoms with Crippen LogP contribution in [0.5, 0.6) is 0 Å². The van der Waals surface area contributed by atoms with Crippen LogP contribution in [0, 0.1) is 0 Å². The van der Waals surface area contributed by atoms with Gasteiger partial charge in [0, 0.05) is 70.1 Å². The van der Waals surface area contributed by atoms with E-state index in [0.29, 0.717) is 129 Å². The number of fused-ring (bicyclic) bond motifs is 11. The van der Waals surface area contributed by atoms with Crippen molar-refractivity contribution >= 4 is 167 Å². The van der Waals surface area contributed by atoms with Gasteiger partial charge < -0.3 is 95.7 Å². The number of carbonyl (C=O) groups excluding carboxylic acids is 7. The van der Waals surface area contributed by atoms with Crippen LogP contribution in [0.25, 0.3) is 108 Å². The van der Waals surface area contributed by atoms with Crippen molar-refractivity contribution in [1.82, 2.24) is 31.6 Å². The Morgan fingerprint density at radius 3 is 0.993 bits per heavy atom. The highest BCUT2D eigenvalue weighted by atomic mass is 32.2. The minimum Gasteiger partial charge on any atom is -0.480 e. The fourth-order valence-corrected chi connectivity index (χ4v) is 18.7. The maximum Gasteiger partial charge on any atom is 0.358 e. The number of hydrogen-bond donors (Lipinski definition) is 9. The van der Waals surface area contributed by atoms with Gasteiger partial charge in [-0.05, 0) is 179 Å². The van der Waals surface area contributed by atoms with Crippen molar-refractivity contribution in [2.75, 3.05) is 131 Å². The molecule has 11 N–H and O–H groups in total. The molecule has 2 unspecified atom stereocenters. The van der Waals surface area contributed by atoms with Gasteiger partial charge in [-0.3, -0.25) is 24.0 Å². The minimum absolute atomic E-state index is 0.0111. The van der Waals surface area contributed by atoms with Gasteiger partial charge in [-0.15, -0.1) is 5.06 Å². The van der Waals surface area contributed by atoms with E-state index in [2.05, 4.69) is 147 Å². The lowest BCUT2D eigenvalue weighted by atomic mass is 9.97. The molecule has 29 heteroatoms. The molecule has 3 heterocycles. The molecule has 141 heavy (non-hydrogen) atoms. The third-order valence-electron chi connectivity index (χ3n) is 23.8. The Labute approximate surface area is 822 Å². The first-order chi connectivity index (χ1) is 69.1. The molecule has 18 rings (SSSR count). The number of thioether (sulfide) groups is 1. The number of nitrogens with zero attached hydrogens (tertiary/aromatic N) is 1. The molecule has 0 aromatic heterocycles. The molecular weight excluding hydrogens is 1810 g/mol. The zero-order valence-corrected chi connectivity index (χ0v) is 80.0. The SMILES string of the molecule is COCCN.NCCOCCOCCNC(=O)COCc1c2ccccc2cc2ccccc12.O=C(CCCCC1SC[C@@H]2NC(=O)NC12)NCCOCCOCCNC(=O)COCc1c2ccccc2cc2ccccc12.O=C(COCc1c2ccccc2cc2ccccc12)ON1C(=O)CCC1=O.O=C(O)COCc1c2ccccc2cc2ccccc12.OCc1c2ccccc2cc2ccccc12. The second-order valence-corrected chi connectivity index (χ2v) is 34.8. The number of unbranched alkanes of at least 4 members (excludes halogenated alkanes) is 1. The minimum atomic E-state index is -0.949. The van der Waals surface area contributed by atoms with E-state index in [4.69, 9.17) is 59.3 Å². The van der Waals surface area contributed by atoms with Crippen molar-refractivity contribution in [3.05, 3.63) is 301 Å².